The van der Waals surface area contributed by atoms with E-state index in [2.05, 4.69) is 59.9 Å². The average molecular weight is 272 g/mol. The predicted molar refractivity (Wildman–Crippen MR) is 78.5 cm³/mol. The third-order valence-corrected chi connectivity index (χ3v) is 3.36. The minimum atomic E-state index is 0.0476. The largest absolute Gasteiger partial charge is 0.334 e. The van der Waals surface area contributed by atoms with Crippen LogP contribution in [0.5, 0.6) is 0 Å². The number of hydrogen-bond acceptors (Lipinski definition) is 3. The molecule has 0 spiro atoms. The van der Waals surface area contributed by atoms with Crippen molar-refractivity contribution in [1.29, 1.82) is 0 Å². The van der Waals surface area contributed by atoms with Crippen LogP contribution >= 0.6 is 0 Å². The third kappa shape index (κ3) is 2.01. The van der Waals surface area contributed by atoms with E-state index in [1.807, 2.05) is 16.9 Å². The van der Waals surface area contributed by atoms with Gasteiger partial charge in [-0.05, 0) is 19.9 Å². The molecule has 0 aromatic carbocycles. The molecular weight excluding hydrogens is 252 g/mol. The molecule has 6 nitrogen and oxygen atoms in total. The van der Waals surface area contributed by atoms with Gasteiger partial charge in [-0.25, -0.2) is 9.67 Å². The molecule has 3 aromatic rings. The van der Waals surface area contributed by atoms with Gasteiger partial charge in [-0.3, -0.25) is 5.10 Å². The van der Waals surface area contributed by atoms with E-state index in [1.165, 1.54) is 0 Å². The molecule has 0 aliphatic rings. The molecule has 0 bridgehead atoms. The minimum Gasteiger partial charge on any atom is -0.334 e. The lowest BCUT2D eigenvalue weighted by atomic mass is 9.92. The zero-order valence-electron chi connectivity index (χ0n) is 12.5. The topological polar surface area (TPSA) is 75.2 Å². The second-order valence-electron chi connectivity index (χ2n) is 6.42. The lowest BCUT2D eigenvalue weighted by Crippen LogP contribution is -2.11. The molecule has 6 heteroatoms. The van der Waals surface area contributed by atoms with E-state index in [0.29, 0.717) is 0 Å². The summed E-state index contributed by atoms with van der Waals surface area (Å²) in [6, 6.07) is 2.33. The number of rotatable bonds is 2. The first-order valence-electron chi connectivity index (χ1n) is 6.86. The lowest BCUT2D eigenvalue weighted by molar-refractivity contribution is 0.547. The van der Waals surface area contributed by atoms with Gasteiger partial charge in [0.15, 0.2) is 11.5 Å². The smallest absolute Gasteiger partial charge is 0.177 e. The van der Waals surface area contributed by atoms with Gasteiger partial charge in [0.05, 0.1) is 6.20 Å². The first kappa shape index (κ1) is 12.9. The molecule has 3 heterocycles. The number of aromatic nitrogens is 6. The van der Waals surface area contributed by atoms with Crippen LogP contribution in [0.15, 0.2) is 12.3 Å². The second-order valence-corrected chi connectivity index (χ2v) is 6.42. The first-order valence-corrected chi connectivity index (χ1v) is 6.86. The summed E-state index contributed by atoms with van der Waals surface area (Å²) in [7, 11) is 0. The maximum atomic E-state index is 4.62. The molecule has 0 fully saturated rings. The standard InChI is InChI=1S/C14H20N6/c1-8(2)20-13-10(7-15-20)16-12(17-13)9-6-11(19-18-9)14(3,4)5/h6-8H,1-5H3,(H,16,17)(H,18,19). The molecule has 0 atom stereocenters. The molecule has 3 rings (SSSR count). The number of H-pyrrole nitrogens is 2. The van der Waals surface area contributed by atoms with Crippen LogP contribution in [0.1, 0.15) is 46.4 Å². The van der Waals surface area contributed by atoms with Gasteiger partial charge >= 0.3 is 0 Å². The molecule has 0 saturated heterocycles. The number of fused-ring (bicyclic) bond motifs is 1. The van der Waals surface area contributed by atoms with Crippen LogP contribution in [0, 0.1) is 0 Å². The van der Waals surface area contributed by atoms with Crippen LogP contribution in [0.3, 0.4) is 0 Å². The molecule has 0 amide bonds. The van der Waals surface area contributed by atoms with E-state index < -0.39 is 0 Å². The molecule has 0 aliphatic heterocycles. The van der Waals surface area contributed by atoms with Crippen LogP contribution in [0.25, 0.3) is 22.7 Å². The Kier molecular flexibility index (Phi) is 2.70. The Morgan fingerprint density at radius 2 is 2.00 bits per heavy atom. The summed E-state index contributed by atoms with van der Waals surface area (Å²) in [5.41, 5.74) is 3.79. The van der Waals surface area contributed by atoms with Gasteiger partial charge in [-0.15, -0.1) is 0 Å². The Hall–Kier alpha value is -2.11. The number of hydrogen-bond donors (Lipinski definition) is 2. The lowest BCUT2D eigenvalue weighted by Gasteiger charge is -2.14. The van der Waals surface area contributed by atoms with E-state index in [1.54, 1.807) is 0 Å². The van der Waals surface area contributed by atoms with E-state index in [-0.39, 0.29) is 11.5 Å². The maximum absolute atomic E-state index is 4.62. The van der Waals surface area contributed by atoms with Crippen molar-refractivity contribution in [2.45, 2.75) is 46.1 Å². The molecular formula is C14H20N6. The van der Waals surface area contributed by atoms with E-state index in [9.17, 15) is 0 Å². The van der Waals surface area contributed by atoms with Crippen molar-refractivity contribution >= 4 is 11.2 Å². The van der Waals surface area contributed by atoms with Crippen molar-refractivity contribution in [2.75, 3.05) is 0 Å². The third-order valence-electron chi connectivity index (χ3n) is 3.36. The fraction of sp³-hybridized carbons (Fsp3) is 0.500. The van der Waals surface area contributed by atoms with Crippen molar-refractivity contribution < 1.29 is 0 Å². The van der Waals surface area contributed by atoms with Gasteiger partial charge in [-0.1, -0.05) is 20.8 Å². The van der Waals surface area contributed by atoms with Crippen LogP contribution in [-0.2, 0) is 5.41 Å². The molecule has 0 saturated carbocycles. The fourth-order valence-corrected chi connectivity index (χ4v) is 2.14. The van der Waals surface area contributed by atoms with E-state index >= 15 is 0 Å². The summed E-state index contributed by atoms with van der Waals surface area (Å²) < 4.78 is 1.91. The molecule has 3 aromatic heterocycles. The minimum absolute atomic E-state index is 0.0476. The van der Waals surface area contributed by atoms with Crippen LogP contribution in [0.4, 0.5) is 0 Å². The van der Waals surface area contributed by atoms with Crippen LogP contribution < -0.4 is 0 Å². The van der Waals surface area contributed by atoms with Gasteiger partial charge in [0.25, 0.3) is 0 Å². The summed E-state index contributed by atoms with van der Waals surface area (Å²) in [4.78, 5) is 7.90. The Morgan fingerprint density at radius 3 is 2.60 bits per heavy atom. The van der Waals surface area contributed by atoms with Gasteiger partial charge < -0.3 is 4.98 Å². The normalized spacial score (nSPS) is 12.7. The van der Waals surface area contributed by atoms with Gasteiger partial charge in [0, 0.05) is 17.2 Å². The monoisotopic (exact) mass is 272 g/mol. The fourth-order valence-electron chi connectivity index (χ4n) is 2.14. The zero-order valence-corrected chi connectivity index (χ0v) is 12.5. The highest BCUT2D eigenvalue weighted by Gasteiger charge is 2.19. The summed E-state index contributed by atoms with van der Waals surface area (Å²) in [6.45, 7) is 10.6. The Balaban J connectivity index is 2.04. The van der Waals surface area contributed by atoms with Crippen molar-refractivity contribution in [1.82, 2.24) is 29.9 Å². The molecule has 20 heavy (non-hydrogen) atoms. The summed E-state index contributed by atoms with van der Waals surface area (Å²) in [6.07, 6.45) is 1.81. The highest BCUT2D eigenvalue weighted by atomic mass is 15.3. The highest BCUT2D eigenvalue weighted by Crippen LogP contribution is 2.25. The maximum Gasteiger partial charge on any atom is 0.177 e. The molecule has 0 radical (unpaired) electrons. The summed E-state index contributed by atoms with van der Waals surface area (Å²) >= 11 is 0. The molecule has 0 aliphatic carbocycles. The SMILES string of the molecule is CC(C)n1ncc2[nH]c(-c3cc(C(C)(C)C)[nH]n3)nc21. The number of imidazole rings is 1. The van der Waals surface area contributed by atoms with Crippen LogP contribution in [-0.4, -0.2) is 29.9 Å². The average Bonchev–Trinajstić information content (AvgIpc) is 3.01. The highest BCUT2D eigenvalue weighted by molar-refractivity contribution is 5.75. The summed E-state index contributed by atoms with van der Waals surface area (Å²) in [5, 5.41) is 11.8. The van der Waals surface area contributed by atoms with Crippen molar-refractivity contribution in [3.05, 3.63) is 18.0 Å². The van der Waals surface area contributed by atoms with Gasteiger partial charge in [-0.2, -0.15) is 10.2 Å². The predicted octanol–water partition coefficient (Wildman–Crippen LogP) is 3.03. The second kappa shape index (κ2) is 4.19. The van der Waals surface area contributed by atoms with Gasteiger partial charge in [0.1, 0.15) is 11.2 Å². The van der Waals surface area contributed by atoms with Crippen LogP contribution in [0.2, 0.25) is 0 Å². The Morgan fingerprint density at radius 1 is 1.25 bits per heavy atom. The van der Waals surface area contributed by atoms with E-state index in [4.69, 9.17) is 0 Å². The van der Waals surface area contributed by atoms with Crippen molar-refractivity contribution in [3.63, 3.8) is 0 Å². The molecule has 2 N–H and O–H groups in total. The Bertz CT molecular complexity index is 737. The first-order chi connectivity index (χ1) is 9.36. The molecule has 106 valence electrons. The quantitative estimate of drug-likeness (QED) is 0.753. The molecule has 0 unspecified atom stereocenters. The summed E-state index contributed by atoms with van der Waals surface area (Å²) in [5.74, 6) is 0.776. The van der Waals surface area contributed by atoms with Crippen molar-refractivity contribution in [2.24, 2.45) is 0 Å². The zero-order chi connectivity index (χ0) is 14.5. The Labute approximate surface area is 117 Å². The van der Waals surface area contributed by atoms with Gasteiger partial charge in [0.2, 0.25) is 0 Å². The number of nitrogens with zero attached hydrogens (tertiary/aromatic N) is 4. The number of aromatic amines is 2. The number of nitrogens with one attached hydrogen (secondary N) is 2. The van der Waals surface area contributed by atoms with E-state index in [0.717, 1.165) is 28.4 Å². The van der Waals surface area contributed by atoms with Crippen molar-refractivity contribution in [3.8, 4) is 11.5 Å².